The van der Waals surface area contributed by atoms with Gasteiger partial charge in [-0.05, 0) is 42.7 Å². The number of hydrogen-bond acceptors (Lipinski definition) is 3. The molecule has 0 radical (unpaired) electrons. The number of pyridine rings is 1. The van der Waals surface area contributed by atoms with Gasteiger partial charge in [-0.15, -0.1) is 0 Å². The fourth-order valence-corrected chi connectivity index (χ4v) is 1.79. The SMILES string of the molecule is Cc1ccc(C#N)c(NCCc2cccnc2)c1. The van der Waals surface area contributed by atoms with Crippen molar-refractivity contribution in [1.29, 1.82) is 5.26 Å². The highest BCUT2D eigenvalue weighted by Crippen LogP contribution is 2.16. The van der Waals surface area contributed by atoms with E-state index in [4.69, 9.17) is 5.26 Å². The molecule has 0 bridgehead atoms. The molecule has 3 heteroatoms. The Labute approximate surface area is 107 Å². The molecular formula is C15H15N3. The summed E-state index contributed by atoms with van der Waals surface area (Å²) in [4.78, 5) is 4.08. The van der Waals surface area contributed by atoms with E-state index in [1.165, 1.54) is 5.56 Å². The summed E-state index contributed by atoms with van der Waals surface area (Å²) in [6.07, 6.45) is 4.53. The zero-order valence-electron chi connectivity index (χ0n) is 10.4. The van der Waals surface area contributed by atoms with Gasteiger partial charge < -0.3 is 5.32 Å². The van der Waals surface area contributed by atoms with Crippen molar-refractivity contribution in [3.05, 3.63) is 59.4 Å². The highest BCUT2D eigenvalue weighted by Gasteiger charge is 2.01. The molecule has 1 aromatic carbocycles. The predicted molar refractivity (Wildman–Crippen MR) is 72.3 cm³/mol. The minimum atomic E-state index is 0.687. The van der Waals surface area contributed by atoms with Gasteiger partial charge in [0.1, 0.15) is 6.07 Å². The number of anilines is 1. The van der Waals surface area contributed by atoms with E-state index in [1.807, 2.05) is 37.4 Å². The van der Waals surface area contributed by atoms with Crippen LogP contribution in [0.3, 0.4) is 0 Å². The number of aryl methyl sites for hydroxylation is 1. The molecule has 0 unspecified atom stereocenters. The largest absolute Gasteiger partial charge is 0.384 e. The Balaban J connectivity index is 1.98. The predicted octanol–water partition coefficient (Wildman–Crippen LogP) is 2.92. The van der Waals surface area contributed by atoms with E-state index in [0.717, 1.165) is 24.2 Å². The second-order valence-electron chi connectivity index (χ2n) is 4.20. The first-order valence-corrected chi connectivity index (χ1v) is 5.93. The Morgan fingerprint density at radius 1 is 1.33 bits per heavy atom. The zero-order valence-corrected chi connectivity index (χ0v) is 10.4. The third-order valence-electron chi connectivity index (χ3n) is 2.75. The van der Waals surface area contributed by atoms with E-state index in [-0.39, 0.29) is 0 Å². The lowest BCUT2D eigenvalue weighted by Crippen LogP contribution is -2.06. The lowest BCUT2D eigenvalue weighted by molar-refractivity contribution is 1.00. The fourth-order valence-electron chi connectivity index (χ4n) is 1.79. The Hall–Kier alpha value is -2.34. The molecule has 0 spiro atoms. The number of nitrogens with one attached hydrogen (secondary N) is 1. The van der Waals surface area contributed by atoms with E-state index in [1.54, 1.807) is 6.20 Å². The maximum atomic E-state index is 9.03. The first kappa shape index (κ1) is 12.1. The molecule has 0 aliphatic heterocycles. The van der Waals surface area contributed by atoms with Gasteiger partial charge in [0.25, 0.3) is 0 Å². The van der Waals surface area contributed by atoms with Gasteiger partial charge in [-0.2, -0.15) is 5.26 Å². The molecule has 2 aromatic rings. The van der Waals surface area contributed by atoms with Crippen LogP contribution in [0.25, 0.3) is 0 Å². The lowest BCUT2D eigenvalue weighted by Gasteiger charge is -2.09. The van der Waals surface area contributed by atoms with Crippen LogP contribution in [0, 0.1) is 18.3 Å². The molecule has 3 nitrogen and oxygen atoms in total. The van der Waals surface area contributed by atoms with E-state index >= 15 is 0 Å². The van der Waals surface area contributed by atoms with Gasteiger partial charge in [0.05, 0.1) is 11.3 Å². The second-order valence-corrected chi connectivity index (χ2v) is 4.20. The fraction of sp³-hybridized carbons (Fsp3) is 0.200. The van der Waals surface area contributed by atoms with Crippen molar-refractivity contribution in [2.45, 2.75) is 13.3 Å². The first-order valence-electron chi connectivity index (χ1n) is 5.93. The number of nitriles is 1. The number of aromatic nitrogens is 1. The van der Waals surface area contributed by atoms with E-state index < -0.39 is 0 Å². The highest BCUT2D eigenvalue weighted by atomic mass is 14.9. The maximum Gasteiger partial charge on any atom is 0.101 e. The van der Waals surface area contributed by atoms with Crippen molar-refractivity contribution in [3.8, 4) is 6.07 Å². The molecule has 0 aliphatic carbocycles. The molecule has 0 saturated heterocycles. The molecule has 90 valence electrons. The molecule has 0 aliphatic rings. The van der Waals surface area contributed by atoms with Crippen molar-refractivity contribution in [1.82, 2.24) is 4.98 Å². The molecule has 1 N–H and O–H groups in total. The molecule has 0 amide bonds. The molecule has 1 heterocycles. The monoisotopic (exact) mass is 237 g/mol. The van der Waals surface area contributed by atoms with E-state index in [9.17, 15) is 0 Å². The van der Waals surface area contributed by atoms with Crippen molar-refractivity contribution in [2.75, 3.05) is 11.9 Å². The Morgan fingerprint density at radius 2 is 2.22 bits per heavy atom. The Kier molecular flexibility index (Phi) is 3.93. The third kappa shape index (κ3) is 3.08. The number of hydrogen-bond donors (Lipinski definition) is 1. The van der Waals surface area contributed by atoms with Crippen LogP contribution < -0.4 is 5.32 Å². The van der Waals surface area contributed by atoms with E-state index in [0.29, 0.717) is 5.56 Å². The normalized spacial score (nSPS) is 9.78. The summed E-state index contributed by atoms with van der Waals surface area (Å²) in [6.45, 7) is 2.82. The molecule has 2 rings (SSSR count). The topological polar surface area (TPSA) is 48.7 Å². The van der Waals surface area contributed by atoms with Gasteiger partial charge in [-0.25, -0.2) is 0 Å². The summed E-state index contributed by atoms with van der Waals surface area (Å²) in [5, 5.41) is 12.3. The van der Waals surface area contributed by atoms with Gasteiger partial charge in [0.2, 0.25) is 0 Å². The minimum Gasteiger partial charge on any atom is -0.384 e. The van der Waals surface area contributed by atoms with Crippen molar-refractivity contribution in [3.63, 3.8) is 0 Å². The average Bonchev–Trinajstić information content (AvgIpc) is 2.40. The van der Waals surface area contributed by atoms with Gasteiger partial charge in [-0.3, -0.25) is 4.98 Å². The Bertz CT molecular complexity index is 556. The molecule has 18 heavy (non-hydrogen) atoms. The summed E-state index contributed by atoms with van der Waals surface area (Å²) in [5.74, 6) is 0. The summed E-state index contributed by atoms with van der Waals surface area (Å²) >= 11 is 0. The first-order chi connectivity index (χ1) is 8.79. The van der Waals surface area contributed by atoms with Crippen molar-refractivity contribution < 1.29 is 0 Å². The molecule has 0 saturated carbocycles. The Morgan fingerprint density at radius 3 is 2.94 bits per heavy atom. The van der Waals surface area contributed by atoms with Crippen LogP contribution in [0.15, 0.2) is 42.7 Å². The number of benzene rings is 1. The average molecular weight is 237 g/mol. The standard InChI is InChI=1S/C15H15N3/c1-12-4-5-14(10-16)15(9-12)18-8-6-13-3-2-7-17-11-13/h2-5,7,9,11,18H,6,8H2,1H3. The van der Waals surface area contributed by atoms with Gasteiger partial charge in [0, 0.05) is 18.9 Å². The smallest absolute Gasteiger partial charge is 0.101 e. The van der Waals surface area contributed by atoms with Crippen LogP contribution in [-0.2, 0) is 6.42 Å². The van der Waals surface area contributed by atoms with Gasteiger partial charge in [-0.1, -0.05) is 12.1 Å². The van der Waals surface area contributed by atoms with Crippen LogP contribution in [0.2, 0.25) is 0 Å². The quantitative estimate of drug-likeness (QED) is 0.889. The third-order valence-corrected chi connectivity index (χ3v) is 2.75. The molecular weight excluding hydrogens is 222 g/mol. The van der Waals surface area contributed by atoms with E-state index in [2.05, 4.69) is 22.4 Å². The summed E-state index contributed by atoms with van der Waals surface area (Å²) < 4.78 is 0. The summed E-state index contributed by atoms with van der Waals surface area (Å²) in [7, 11) is 0. The van der Waals surface area contributed by atoms with Crippen LogP contribution in [0.1, 0.15) is 16.7 Å². The number of rotatable bonds is 4. The van der Waals surface area contributed by atoms with Crippen molar-refractivity contribution in [2.24, 2.45) is 0 Å². The maximum absolute atomic E-state index is 9.03. The highest BCUT2D eigenvalue weighted by molar-refractivity contribution is 5.58. The van der Waals surface area contributed by atoms with Crippen LogP contribution in [0.4, 0.5) is 5.69 Å². The zero-order chi connectivity index (χ0) is 12.8. The van der Waals surface area contributed by atoms with Gasteiger partial charge >= 0.3 is 0 Å². The summed E-state index contributed by atoms with van der Waals surface area (Å²) in [5.41, 5.74) is 3.93. The summed E-state index contributed by atoms with van der Waals surface area (Å²) in [6, 6.07) is 12.0. The number of nitrogens with zero attached hydrogens (tertiary/aromatic N) is 2. The molecule has 0 fully saturated rings. The molecule has 1 aromatic heterocycles. The van der Waals surface area contributed by atoms with Crippen LogP contribution >= 0.6 is 0 Å². The van der Waals surface area contributed by atoms with Crippen LogP contribution in [-0.4, -0.2) is 11.5 Å². The second kappa shape index (κ2) is 5.83. The minimum absolute atomic E-state index is 0.687. The van der Waals surface area contributed by atoms with Crippen LogP contribution in [0.5, 0.6) is 0 Å². The molecule has 0 atom stereocenters. The lowest BCUT2D eigenvalue weighted by atomic mass is 10.1. The van der Waals surface area contributed by atoms with Crippen molar-refractivity contribution >= 4 is 5.69 Å². The van der Waals surface area contributed by atoms with Gasteiger partial charge in [0.15, 0.2) is 0 Å².